The molecule has 13 heteroatoms. The van der Waals surface area contributed by atoms with E-state index in [1.165, 1.54) is 0 Å². The molecule has 10 unspecified atom stereocenters. The van der Waals surface area contributed by atoms with Gasteiger partial charge in [0, 0.05) is 63.1 Å². The van der Waals surface area contributed by atoms with Crippen LogP contribution in [0.1, 0.15) is 13.3 Å². The molecule has 4 aliphatic rings. The predicted octanol–water partition coefficient (Wildman–Crippen LogP) is -3.70. The van der Waals surface area contributed by atoms with Crippen LogP contribution in [0.3, 0.4) is 0 Å². The topological polar surface area (TPSA) is 166 Å². The molecule has 0 amide bonds. The summed E-state index contributed by atoms with van der Waals surface area (Å²) in [6.45, 7) is 6.27. The third-order valence-electron chi connectivity index (χ3n) is 7.34. The largest absolute Gasteiger partial charge is 0.375 e. The second kappa shape index (κ2) is 12.0. The highest BCUT2D eigenvalue weighted by molar-refractivity contribution is 8.00. The summed E-state index contributed by atoms with van der Waals surface area (Å²) in [5.74, 6) is 7.81. The lowest BCUT2D eigenvalue weighted by atomic mass is 9.79. The quantitative estimate of drug-likeness (QED) is 0.0882. The van der Waals surface area contributed by atoms with E-state index in [1.807, 2.05) is 18.7 Å². The number of nitrogens with one attached hydrogen (secondary N) is 7. The van der Waals surface area contributed by atoms with Crippen LogP contribution in [-0.4, -0.2) is 109 Å². The second-order valence-electron chi connectivity index (χ2n) is 9.59. The number of hydrazine groups is 2. The zero-order chi connectivity index (χ0) is 23.4. The lowest BCUT2D eigenvalue weighted by molar-refractivity contribution is 0.0564. The highest BCUT2D eigenvalue weighted by Gasteiger charge is 2.45. The number of rotatable bonds is 9. The van der Waals surface area contributed by atoms with Crippen LogP contribution in [0, 0.1) is 17.8 Å². The Bertz CT molecular complexity index is 648. The van der Waals surface area contributed by atoms with Gasteiger partial charge in [0.2, 0.25) is 0 Å². The number of aliphatic imine (C=N–C) groups is 1. The van der Waals surface area contributed by atoms with Crippen molar-refractivity contribution in [3.8, 4) is 0 Å². The van der Waals surface area contributed by atoms with Crippen molar-refractivity contribution in [1.82, 2.24) is 42.4 Å². The first-order valence-electron chi connectivity index (χ1n) is 12.1. The van der Waals surface area contributed by atoms with Crippen molar-refractivity contribution in [2.75, 3.05) is 45.5 Å². The van der Waals surface area contributed by atoms with Gasteiger partial charge in [-0.1, -0.05) is 6.92 Å². The van der Waals surface area contributed by atoms with E-state index in [0.29, 0.717) is 42.3 Å². The summed E-state index contributed by atoms with van der Waals surface area (Å²) >= 11 is 2.02. The normalized spacial score (nSPS) is 42.0. The van der Waals surface area contributed by atoms with Gasteiger partial charge in [0.1, 0.15) is 6.23 Å². The van der Waals surface area contributed by atoms with Gasteiger partial charge in [-0.2, -0.15) is 0 Å². The van der Waals surface area contributed by atoms with Crippen LogP contribution < -0.4 is 43.3 Å². The summed E-state index contributed by atoms with van der Waals surface area (Å²) in [5.41, 5.74) is 5.81. The first-order chi connectivity index (χ1) is 16.0. The summed E-state index contributed by atoms with van der Waals surface area (Å²) in [6, 6.07) is 0.320. The van der Waals surface area contributed by atoms with Gasteiger partial charge >= 0.3 is 0 Å². The summed E-state index contributed by atoms with van der Waals surface area (Å²) in [6.07, 6.45) is 1.12. The van der Waals surface area contributed by atoms with Crippen LogP contribution in [0.15, 0.2) is 4.99 Å². The van der Waals surface area contributed by atoms with E-state index in [0.717, 1.165) is 31.8 Å². The standard InChI is InChI=1S/C20H42N10O2S/c1-3-22-20(32)28-17-4-12(19-27-16(10-33-19)11-5-26-30(2)9-11)13(6-25-17)14-7-24-15(8-23-14)18(31)29-21/h8,11-20,22,24-29,31-32H,3-7,9-10,21H2,1-2H3. The molecule has 10 atom stereocenters. The van der Waals surface area contributed by atoms with Crippen LogP contribution >= 0.6 is 11.8 Å². The smallest absolute Gasteiger partial charge is 0.161 e. The minimum absolute atomic E-state index is 0.0255. The monoisotopic (exact) mass is 486 g/mol. The Balaban J connectivity index is 1.43. The van der Waals surface area contributed by atoms with Crippen molar-refractivity contribution >= 4 is 18.0 Å². The number of piperidine rings is 1. The van der Waals surface area contributed by atoms with Gasteiger partial charge in [-0.3, -0.25) is 26.9 Å². The van der Waals surface area contributed by atoms with Crippen LogP contribution in [0.25, 0.3) is 0 Å². The Kier molecular flexibility index (Phi) is 9.34. The Hall–Kier alpha value is -0.420. The van der Waals surface area contributed by atoms with E-state index in [4.69, 9.17) is 10.8 Å². The highest BCUT2D eigenvalue weighted by Crippen LogP contribution is 2.38. The SMILES string of the molecule is CCNC(O)NC1CC(C2NC(C3CNN(C)C3)CS2)C(C2CNC(C(O)NN)C=N2)CN1. The third kappa shape index (κ3) is 6.42. The summed E-state index contributed by atoms with van der Waals surface area (Å²) in [4.78, 5) is 4.83. The van der Waals surface area contributed by atoms with Crippen LogP contribution in [0.5, 0.6) is 0 Å². The Labute approximate surface area is 200 Å². The molecular weight excluding hydrogens is 444 g/mol. The average molecular weight is 487 g/mol. The number of aliphatic hydroxyl groups is 2. The molecule has 190 valence electrons. The van der Waals surface area contributed by atoms with Crippen LogP contribution in [-0.2, 0) is 0 Å². The van der Waals surface area contributed by atoms with Crippen molar-refractivity contribution in [2.45, 2.75) is 55.6 Å². The number of thioether (sulfide) groups is 1. The fourth-order valence-electron chi connectivity index (χ4n) is 5.48. The fraction of sp³-hybridized carbons (Fsp3) is 0.950. The maximum Gasteiger partial charge on any atom is 0.161 e. The number of hydrogen-bond donors (Lipinski definition) is 10. The number of nitrogens with zero attached hydrogens (tertiary/aromatic N) is 2. The van der Waals surface area contributed by atoms with Crippen molar-refractivity contribution in [2.24, 2.45) is 28.6 Å². The van der Waals surface area contributed by atoms with Crippen molar-refractivity contribution < 1.29 is 10.2 Å². The number of aliphatic hydroxyl groups excluding tert-OH is 2. The van der Waals surface area contributed by atoms with E-state index in [-0.39, 0.29) is 18.2 Å². The Morgan fingerprint density at radius 2 is 2.09 bits per heavy atom. The van der Waals surface area contributed by atoms with E-state index in [1.54, 1.807) is 6.21 Å². The number of nitrogens with two attached hydrogens (primary N) is 1. The summed E-state index contributed by atoms with van der Waals surface area (Å²) < 4.78 is 0. The predicted molar refractivity (Wildman–Crippen MR) is 131 cm³/mol. The van der Waals surface area contributed by atoms with Gasteiger partial charge in [0.15, 0.2) is 6.35 Å². The van der Waals surface area contributed by atoms with Gasteiger partial charge in [0.25, 0.3) is 0 Å². The molecular formula is C20H42N10O2S. The zero-order valence-corrected chi connectivity index (χ0v) is 20.4. The fourth-order valence-corrected chi connectivity index (χ4v) is 7.10. The average Bonchev–Trinajstić information content (AvgIpc) is 3.48. The van der Waals surface area contributed by atoms with Crippen LogP contribution in [0.4, 0.5) is 0 Å². The number of hydrogen-bond acceptors (Lipinski definition) is 13. The van der Waals surface area contributed by atoms with Crippen molar-refractivity contribution in [3.05, 3.63) is 0 Å². The molecule has 0 saturated carbocycles. The molecule has 33 heavy (non-hydrogen) atoms. The molecule has 4 rings (SSSR count). The molecule has 4 heterocycles. The lowest BCUT2D eigenvalue weighted by Gasteiger charge is -2.44. The van der Waals surface area contributed by atoms with Crippen LogP contribution in [0.2, 0.25) is 0 Å². The second-order valence-corrected chi connectivity index (χ2v) is 10.8. The van der Waals surface area contributed by atoms with Gasteiger partial charge in [0.05, 0.1) is 23.6 Å². The minimum Gasteiger partial charge on any atom is -0.375 e. The molecule has 0 aromatic carbocycles. The molecule has 11 N–H and O–H groups in total. The summed E-state index contributed by atoms with van der Waals surface area (Å²) in [7, 11) is 2.10. The van der Waals surface area contributed by atoms with Gasteiger partial charge in [-0.25, -0.2) is 10.4 Å². The van der Waals surface area contributed by atoms with E-state index in [9.17, 15) is 10.2 Å². The molecule has 4 aliphatic heterocycles. The Morgan fingerprint density at radius 1 is 1.24 bits per heavy atom. The van der Waals surface area contributed by atoms with E-state index >= 15 is 0 Å². The third-order valence-corrected chi connectivity index (χ3v) is 8.74. The van der Waals surface area contributed by atoms with Gasteiger partial charge in [-0.15, -0.1) is 11.8 Å². The molecule has 12 nitrogen and oxygen atoms in total. The molecule has 0 bridgehead atoms. The zero-order valence-electron chi connectivity index (χ0n) is 19.6. The van der Waals surface area contributed by atoms with Crippen molar-refractivity contribution in [3.63, 3.8) is 0 Å². The molecule has 0 spiro atoms. The molecule has 0 radical (unpaired) electrons. The molecule has 0 aromatic heterocycles. The molecule has 0 aromatic rings. The molecule has 0 aliphatic carbocycles. The highest BCUT2D eigenvalue weighted by atomic mass is 32.2. The maximum absolute atomic E-state index is 10.2. The minimum atomic E-state index is -0.859. The maximum atomic E-state index is 10.2. The van der Waals surface area contributed by atoms with Gasteiger partial charge < -0.3 is 26.2 Å². The van der Waals surface area contributed by atoms with Gasteiger partial charge in [-0.05, 0) is 18.9 Å². The first kappa shape index (κ1) is 25.7. The van der Waals surface area contributed by atoms with E-state index < -0.39 is 12.6 Å². The molecule has 3 fully saturated rings. The lowest BCUT2D eigenvalue weighted by Crippen LogP contribution is -2.62. The first-order valence-corrected chi connectivity index (χ1v) is 13.2. The van der Waals surface area contributed by atoms with E-state index in [2.05, 4.69) is 49.5 Å². The summed E-state index contributed by atoms with van der Waals surface area (Å²) in [5, 5.41) is 39.9. The Morgan fingerprint density at radius 3 is 2.76 bits per heavy atom. The van der Waals surface area contributed by atoms with Crippen molar-refractivity contribution in [1.29, 1.82) is 0 Å². The molecule has 3 saturated heterocycles.